The first-order valence-electron chi connectivity index (χ1n) is 10.4. The van der Waals surface area contributed by atoms with Crippen LogP contribution in [0.3, 0.4) is 0 Å². The van der Waals surface area contributed by atoms with Crippen molar-refractivity contribution in [2.45, 2.75) is 24.8 Å². The van der Waals surface area contributed by atoms with Crippen molar-refractivity contribution in [3.05, 3.63) is 58.6 Å². The number of carbonyl (C=O) groups is 1. The van der Waals surface area contributed by atoms with Gasteiger partial charge in [0.05, 0.1) is 6.54 Å². The highest BCUT2D eigenvalue weighted by molar-refractivity contribution is 6.30. The Morgan fingerprint density at radius 3 is 2.59 bits per heavy atom. The molecule has 0 bridgehead atoms. The fourth-order valence-electron chi connectivity index (χ4n) is 4.87. The van der Waals surface area contributed by atoms with Crippen molar-refractivity contribution in [1.29, 1.82) is 0 Å². The van der Waals surface area contributed by atoms with Gasteiger partial charge in [0.15, 0.2) is 0 Å². The second-order valence-corrected chi connectivity index (χ2v) is 9.05. The fourth-order valence-corrected chi connectivity index (χ4v) is 5.06. The van der Waals surface area contributed by atoms with Gasteiger partial charge in [0, 0.05) is 55.4 Å². The number of hydrogen-bond donors (Lipinski definition) is 1. The Bertz CT molecular complexity index is 935. The zero-order valence-corrected chi connectivity index (χ0v) is 17.2. The van der Waals surface area contributed by atoms with Crippen LogP contribution in [0.2, 0.25) is 5.02 Å². The van der Waals surface area contributed by atoms with Gasteiger partial charge in [-0.25, -0.2) is 0 Å². The van der Waals surface area contributed by atoms with Gasteiger partial charge in [0.25, 0.3) is 0 Å². The molecule has 1 saturated carbocycles. The molecule has 1 aliphatic carbocycles. The Balaban J connectivity index is 1.20. The number of nitrogens with zero attached hydrogens (tertiary/aromatic N) is 3. The largest absolute Gasteiger partial charge is 0.508 e. The van der Waals surface area contributed by atoms with Gasteiger partial charge in [-0.05, 0) is 54.3 Å². The summed E-state index contributed by atoms with van der Waals surface area (Å²) in [6.07, 6.45) is 2.29. The number of benzene rings is 2. The van der Waals surface area contributed by atoms with E-state index in [9.17, 15) is 9.90 Å². The van der Waals surface area contributed by atoms with Crippen molar-refractivity contribution in [1.82, 2.24) is 9.80 Å². The lowest BCUT2D eigenvalue weighted by Crippen LogP contribution is -2.52. The zero-order chi connectivity index (χ0) is 20.0. The molecule has 29 heavy (non-hydrogen) atoms. The Kier molecular flexibility index (Phi) is 4.67. The summed E-state index contributed by atoms with van der Waals surface area (Å²) in [5.74, 6) is 0.561. The molecule has 1 saturated heterocycles. The van der Waals surface area contributed by atoms with E-state index in [1.807, 2.05) is 35.2 Å². The summed E-state index contributed by atoms with van der Waals surface area (Å²) in [4.78, 5) is 19.5. The molecule has 2 heterocycles. The summed E-state index contributed by atoms with van der Waals surface area (Å²) in [5.41, 5.74) is 3.82. The van der Waals surface area contributed by atoms with Crippen molar-refractivity contribution in [2.75, 3.05) is 44.2 Å². The summed E-state index contributed by atoms with van der Waals surface area (Å²) in [6.45, 7) is 5.32. The van der Waals surface area contributed by atoms with Crippen LogP contribution in [0.25, 0.3) is 0 Å². The average Bonchev–Trinajstić information content (AvgIpc) is 3.48. The van der Waals surface area contributed by atoms with Crippen LogP contribution >= 0.6 is 11.6 Å². The number of fused-ring (bicyclic) bond motifs is 2. The molecule has 0 unspecified atom stereocenters. The van der Waals surface area contributed by atoms with E-state index in [-0.39, 0.29) is 11.3 Å². The van der Waals surface area contributed by atoms with Crippen molar-refractivity contribution in [2.24, 2.45) is 0 Å². The number of rotatable bonds is 3. The minimum absolute atomic E-state index is 0.151. The normalized spacial score (nSPS) is 20.6. The Morgan fingerprint density at radius 1 is 1.07 bits per heavy atom. The quantitative estimate of drug-likeness (QED) is 0.842. The van der Waals surface area contributed by atoms with Gasteiger partial charge in [-0.15, -0.1) is 0 Å². The number of halogens is 1. The number of aromatic hydroxyl groups is 1. The Labute approximate surface area is 176 Å². The molecular weight excluding hydrogens is 386 g/mol. The summed E-state index contributed by atoms with van der Waals surface area (Å²) in [7, 11) is 0. The molecule has 2 fully saturated rings. The Hall–Kier alpha value is -2.24. The van der Waals surface area contributed by atoms with Crippen molar-refractivity contribution < 1.29 is 9.90 Å². The molecule has 6 heteroatoms. The van der Waals surface area contributed by atoms with Crippen LogP contribution in [-0.4, -0.2) is 60.1 Å². The van der Waals surface area contributed by atoms with Crippen LogP contribution in [0.15, 0.2) is 42.5 Å². The van der Waals surface area contributed by atoms with Gasteiger partial charge in [0.1, 0.15) is 5.75 Å². The minimum Gasteiger partial charge on any atom is -0.508 e. The molecule has 0 aromatic heterocycles. The number of amides is 1. The monoisotopic (exact) mass is 411 g/mol. The molecule has 2 aromatic carbocycles. The third kappa shape index (κ3) is 3.69. The SMILES string of the molecule is O=C(CN1Cc2ccc(O)cc2C2(CC2)C1)N1CCN(c2cccc(Cl)c2)CC1. The lowest BCUT2D eigenvalue weighted by atomic mass is 9.87. The molecule has 5 nitrogen and oxygen atoms in total. The zero-order valence-electron chi connectivity index (χ0n) is 16.5. The summed E-state index contributed by atoms with van der Waals surface area (Å²) in [6, 6.07) is 13.6. The summed E-state index contributed by atoms with van der Waals surface area (Å²) >= 11 is 6.11. The molecule has 3 aliphatic rings. The van der Waals surface area contributed by atoms with E-state index in [2.05, 4.69) is 15.9 Å². The molecule has 152 valence electrons. The highest BCUT2D eigenvalue weighted by Gasteiger charge is 2.49. The van der Waals surface area contributed by atoms with E-state index in [0.717, 1.165) is 62.8 Å². The molecule has 0 atom stereocenters. The highest BCUT2D eigenvalue weighted by atomic mass is 35.5. The van der Waals surface area contributed by atoms with E-state index < -0.39 is 0 Å². The number of phenolic OH excluding ortho intramolecular Hbond substituents is 1. The van der Waals surface area contributed by atoms with E-state index in [4.69, 9.17) is 11.6 Å². The lowest BCUT2D eigenvalue weighted by molar-refractivity contribution is -0.133. The van der Waals surface area contributed by atoms with Crippen LogP contribution in [-0.2, 0) is 16.8 Å². The topological polar surface area (TPSA) is 47.0 Å². The van der Waals surface area contributed by atoms with Crippen LogP contribution in [0.5, 0.6) is 5.75 Å². The highest BCUT2D eigenvalue weighted by Crippen LogP contribution is 2.52. The third-order valence-electron chi connectivity index (χ3n) is 6.60. The third-order valence-corrected chi connectivity index (χ3v) is 6.84. The summed E-state index contributed by atoms with van der Waals surface area (Å²) in [5, 5.41) is 10.6. The van der Waals surface area contributed by atoms with E-state index in [0.29, 0.717) is 12.3 Å². The van der Waals surface area contributed by atoms with Crippen molar-refractivity contribution >= 4 is 23.2 Å². The number of phenols is 1. The molecule has 5 rings (SSSR count). The first-order valence-corrected chi connectivity index (χ1v) is 10.7. The van der Waals surface area contributed by atoms with Crippen molar-refractivity contribution in [3.63, 3.8) is 0 Å². The molecule has 0 radical (unpaired) electrons. The fraction of sp³-hybridized carbons (Fsp3) is 0.435. The van der Waals surface area contributed by atoms with Gasteiger partial charge in [-0.2, -0.15) is 0 Å². The van der Waals surface area contributed by atoms with Crippen LogP contribution in [0.1, 0.15) is 24.0 Å². The van der Waals surface area contributed by atoms with Crippen LogP contribution in [0, 0.1) is 0 Å². The maximum Gasteiger partial charge on any atom is 0.236 e. The molecule has 1 amide bonds. The first kappa shape index (κ1) is 18.8. The van der Waals surface area contributed by atoms with E-state index in [1.54, 1.807) is 6.07 Å². The molecule has 1 spiro atoms. The smallest absolute Gasteiger partial charge is 0.236 e. The van der Waals surface area contributed by atoms with Crippen LogP contribution < -0.4 is 4.90 Å². The predicted molar refractivity (Wildman–Crippen MR) is 115 cm³/mol. The number of piperazine rings is 1. The first-order chi connectivity index (χ1) is 14.0. The maximum atomic E-state index is 13.0. The van der Waals surface area contributed by atoms with Gasteiger partial charge in [-0.1, -0.05) is 23.7 Å². The average molecular weight is 412 g/mol. The number of carbonyl (C=O) groups excluding carboxylic acids is 1. The number of anilines is 1. The molecule has 2 aromatic rings. The standard InChI is InChI=1S/C23H26ClN3O2/c24-18-2-1-3-19(12-18)26-8-10-27(11-9-26)22(29)15-25-14-17-4-5-20(28)13-21(17)23(16-25)6-7-23/h1-5,12-13,28H,6-11,14-16H2. The maximum absolute atomic E-state index is 13.0. The van der Waals surface area contributed by atoms with E-state index >= 15 is 0 Å². The van der Waals surface area contributed by atoms with Gasteiger partial charge >= 0.3 is 0 Å². The van der Waals surface area contributed by atoms with Gasteiger partial charge in [-0.3, -0.25) is 9.69 Å². The molecule has 2 aliphatic heterocycles. The second-order valence-electron chi connectivity index (χ2n) is 8.61. The van der Waals surface area contributed by atoms with Gasteiger partial charge in [0.2, 0.25) is 5.91 Å². The van der Waals surface area contributed by atoms with Gasteiger partial charge < -0.3 is 14.9 Å². The number of hydrogen-bond acceptors (Lipinski definition) is 4. The molecular formula is C23H26ClN3O2. The molecule has 1 N–H and O–H groups in total. The predicted octanol–water partition coefficient (Wildman–Crippen LogP) is 3.24. The minimum atomic E-state index is 0.151. The van der Waals surface area contributed by atoms with Crippen molar-refractivity contribution in [3.8, 4) is 5.75 Å². The summed E-state index contributed by atoms with van der Waals surface area (Å²) < 4.78 is 0. The van der Waals surface area contributed by atoms with Crippen LogP contribution in [0.4, 0.5) is 5.69 Å². The van der Waals surface area contributed by atoms with E-state index in [1.165, 1.54) is 11.1 Å². The Morgan fingerprint density at radius 2 is 1.86 bits per heavy atom. The lowest BCUT2D eigenvalue weighted by Gasteiger charge is -2.39. The second kappa shape index (κ2) is 7.22.